The molecule has 0 saturated heterocycles. The maximum absolute atomic E-state index is 12.1. The zero-order valence-corrected chi connectivity index (χ0v) is 17.4. The van der Waals surface area contributed by atoms with Crippen LogP contribution in [0.25, 0.3) is 0 Å². The van der Waals surface area contributed by atoms with Crippen LogP contribution in [0, 0.1) is 15.5 Å². The molecule has 30 heavy (non-hydrogen) atoms. The highest BCUT2D eigenvalue weighted by Crippen LogP contribution is 2.21. The monoisotopic (exact) mass is 430 g/mol. The third kappa shape index (κ3) is 8.27. The number of nitro groups is 1. The third-order valence-corrected chi connectivity index (χ3v) is 4.27. The number of hydrogen-bond acceptors (Lipinski definition) is 4. The van der Waals surface area contributed by atoms with Crippen LogP contribution in [-0.4, -0.2) is 28.4 Å². The number of pyridine rings is 1. The summed E-state index contributed by atoms with van der Waals surface area (Å²) in [5.74, 6) is -0.221. The van der Waals surface area contributed by atoms with Gasteiger partial charge in [-0.1, -0.05) is 31.5 Å². The molecule has 0 unspecified atom stereocenters. The van der Waals surface area contributed by atoms with Crippen molar-refractivity contribution in [3.8, 4) is 0 Å². The number of nitrogens with zero attached hydrogens (tertiary/aromatic N) is 3. The van der Waals surface area contributed by atoms with Crippen molar-refractivity contribution >= 4 is 29.2 Å². The highest BCUT2D eigenvalue weighted by atomic mass is 35.5. The number of halogens is 1. The van der Waals surface area contributed by atoms with Gasteiger partial charge >= 0.3 is 0 Å². The van der Waals surface area contributed by atoms with Crippen molar-refractivity contribution in [2.24, 2.45) is 10.5 Å². The van der Waals surface area contributed by atoms with Crippen molar-refractivity contribution in [2.45, 2.75) is 20.3 Å². The SMILES string of the molecule is CC(C)(C=CNC(=N[N+](=O)[O-])Nc1cccnc1)CCNC(=O)c1ccc(Cl)cc1. The summed E-state index contributed by atoms with van der Waals surface area (Å²) >= 11 is 5.83. The number of anilines is 1. The van der Waals surface area contributed by atoms with E-state index in [0.29, 0.717) is 29.2 Å². The van der Waals surface area contributed by atoms with Crippen molar-refractivity contribution in [3.05, 3.63) is 81.8 Å². The Balaban J connectivity index is 1.86. The Morgan fingerprint density at radius 3 is 2.67 bits per heavy atom. The van der Waals surface area contributed by atoms with E-state index >= 15 is 0 Å². The van der Waals surface area contributed by atoms with Gasteiger partial charge in [-0.25, -0.2) is 10.1 Å². The van der Waals surface area contributed by atoms with E-state index in [4.69, 9.17) is 11.6 Å². The minimum Gasteiger partial charge on any atom is -0.352 e. The number of hydrogen-bond donors (Lipinski definition) is 3. The molecule has 0 aliphatic rings. The lowest BCUT2D eigenvalue weighted by atomic mass is 9.89. The molecule has 158 valence electrons. The van der Waals surface area contributed by atoms with Gasteiger partial charge in [0.25, 0.3) is 11.9 Å². The second-order valence-electron chi connectivity index (χ2n) is 7.03. The standard InChI is InChI=1S/C20H23ClN6O3/c1-20(2,9-12-23-18(28)15-5-7-16(21)8-6-15)10-13-24-19(26-27(29)30)25-17-4-3-11-22-14-17/h3-8,10-11,13-14H,9,12H2,1-2H3,(H,23,28)(H2,24,25,26). The van der Waals surface area contributed by atoms with Gasteiger partial charge in [-0.15, -0.1) is 0 Å². The zero-order chi connectivity index (χ0) is 22.0. The average molecular weight is 431 g/mol. The van der Waals surface area contributed by atoms with Gasteiger partial charge in [0.1, 0.15) is 5.10 Å². The Morgan fingerprint density at radius 1 is 1.30 bits per heavy atom. The molecule has 1 heterocycles. The number of rotatable bonds is 8. The number of guanidine groups is 1. The van der Waals surface area contributed by atoms with Gasteiger partial charge < -0.3 is 16.0 Å². The molecule has 0 saturated carbocycles. The van der Waals surface area contributed by atoms with Gasteiger partial charge in [-0.3, -0.25) is 9.78 Å². The summed E-state index contributed by atoms with van der Waals surface area (Å²) in [5, 5.41) is 22.3. The molecule has 0 aliphatic heterocycles. The lowest BCUT2D eigenvalue weighted by molar-refractivity contribution is -0.485. The quantitative estimate of drug-likeness (QED) is 0.254. The van der Waals surface area contributed by atoms with Crippen LogP contribution in [-0.2, 0) is 0 Å². The van der Waals surface area contributed by atoms with Crippen LogP contribution in [0.5, 0.6) is 0 Å². The van der Waals surface area contributed by atoms with Crippen LogP contribution in [0.3, 0.4) is 0 Å². The molecule has 0 radical (unpaired) electrons. The number of allylic oxidation sites excluding steroid dienone is 1. The molecule has 0 aliphatic carbocycles. The van der Waals surface area contributed by atoms with Crippen molar-refractivity contribution in [2.75, 3.05) is 11.9 Å². The normalized spacial score (nSPS) is 11.9. The molecule has 0 bridgehead atoms. The van der Waals surface area contributed by atoms with Crippen molar-refractivity contribution in [1.29, 1.82) is 0 Å². The Hall–Kier alpha value is -3.46. The molecule has 10 heteroatoms. The average Bonchev–Trinajstić information content (AvgIpc) is 2.68. The fourth-order valence-electron chi connectivity index (χ4n) is 2.38. The molecular weight excluding hydrogens is 408 g/mol. The smallest absolute Gasteiger partial charge is 0.277 e. The van der Waals surface area contributed by atoms with E-state index in [1.54, 1.807) is 48.8 Å². The Morgan fingerprint density at radius 2 is 2.03 bits per heavy atom. The minimum absolute atomic E-state index is 0.0453. The number of carbonyl (C=O) groups excluding carboxylic acids is 1. The molecule has 9 nitrogen and oxygen atoms in total. The Bertz CT molecular complexity index is 914. The lowest BCUT2D eigenvalue weighted by Gasteiger charge is -2.20. The molecule has 0 fully saturated rings. The van der Waals surface area contributed by atoms with Crippen LogP contribution >= 0.6 is 11.6 Å². The summed E-state index contributed by atoms with van der Waals surface area (Å²) in [7, 11) is 0. The molecule has 3 N–H and O–H groups in total. The van der Waals surface area contributed by atoms with E-state index in [-0.39, 0.29) is 17.3 Å². The highest BCUT2D eigenvalue weighted by molar-refractivity contribution is 6.30. The highest BCUT2D eigenvalue weighted by Gasteiger charge is 2.15. The summed E-state index contributed by atoms with van der Waals surface area (Å²) in [6.45, 7) is 4.43. The van der Waals surface area contributed by atoms with Gasteiger partial charge in [0.15, 0.2) is 5.03 Å². The van der Waals surface area contributed by atoms with Crippen molar-refractivity contribution in [1.82, 2.24) is 15.6 Å². The van der Waals surface area contributed by atoms with Gasteiger partial charge in [0, 0.05) is 29.5 Å². The summed E-state index contributed by atoms with van der Waals surface area (Å²) in [4.78, 5) is 26.8. The molecule has 1 aromatic carbocycles. The predicted molar refractivity (Wildman–Crippen MR) is 117 cm³/mol. The summed E-state index contributed by atoms with van der Waals surface area (Å²) in [5.41, 5.74) is 0.814. The zero-order valence-electron chi connectivity index (χ0n) is 16.6. The number of hydrazone groups is 1. The van der Waals surface area contributed by atoms with Crippen LogP contribution < -0.4 is 16.0 Å². The van der Waals surface area contributed by atoms with Gasteiger partial charge in [-0.05, 0) is 48.2 Å². The van der Waals surface area contributed by atoms with E-state index in [0.717, 1.165) is 0 Å². The minimum atomic E-state index is -0.795. The van der Waals surface area contributed by atoms with E-state index < -0.39 is 5.03 Å². The van der Waals surface area contributed by atoms with Crippen molar-refractivity contribution in [3.63, 3.8) is 0 Å². The Labute approximate surface area is 179 Å². The van der Waals surface area contributed by atoms with Gasteiger partial charge in [0.05, 0.1) is 11.9 Å². The lowest BCUT2D eigenvalue weighted by Crippen LogP contribution is -2.29. The maximum atomic E-state index is 12.1. The van der Waals surface area contributed by atoms with E-state index in [2.05, 4.69) is 26.0 Å². The van der Waals surface area contributed by atoms with Crippen LogP contribution in [0.1, 0.15) is 30.6 Å². The van der Waals surface area contributed by atoms with Crippen molar-refractivity contribution < 1.29 is 9.83 Å². The fraction of sp³-hybridized carbons (Fsp3) is 0.250. The molecule has 1 aromatic heterocycles. The predicted octanol–water partition coefficient (Wildman–Crippen LogP) is 3.64. The fourth-order valence-corrected chi connectivity index (χ4v) is 2.50. The molecule has 0 spiro atoms. The first kappa shape index (κ1) is 22.8. The van der Waals surface area contributed by atoms with Crippen LogP contribution in [0.15, 0.2) is 66.2 Å². The number of carbonyl (C=O) groups is 1. The molecule has 2 rings (SSSR count). The van der Waals surface area contributed by atoms with Crippen LogP contribution in [0.2, 0.25) is 5.02 Å². The number of nitrogens with one attached hydrogen (secondary N) is 3. The van der Waals surface area contributed by atoms with Gasteiger partial charge in [0.2, 0.25) is 0 Å². The number of aromatic nitrogens is 1. The summed E-state index contributed by atoms with van der Waals surface area (Å²) in [6, 6.07) is 10.1. The summed E-state index contributed by atoms with van der Waals surface area (Å²) < 4.78 is 0. The van der Waals surface area contributed by atoms with E-state index in [9.17, 15) is 14.9 Å². The second kappa shape index (κ2) is 10.9. The van der Waals surface area contributed by atoms with E-state index in [1.807, 2.05) is 19.9 Å². The second-order valence-corrected chi connectivity index (χ2v) is 7.47. The van der Waals surface area contributed by atoms with E-state index in [1.165, 1.54) is 6.20 Å². The number of amides is 1. The first-order valence-electron chi connectivity index (χ1n) is 9.13. The molecular formula is C20H23ClN6O3. The summed E-state index contributed by atoms with van der Waals surface area (Å²) in [6.07, 6.45) is 7.20. The first-order valence-corrected chi connectivity index (χ1v) is 9.51. The molecule has 0 atom stereocenters. The molecule has 2 aromatic rings. The maximum Gasteiger partial charge on any atom is 0.277 e. The largest absolute Gasteiger partial charge is 0.352 e. The molecule has 1 amide bonds. The Kier molecular flexibility index (Phi) is 8.30. The first-order chi connectivity index (χ1) is 14.2. The third-order valence-electron chi connectivity index (χ3n) is 4.02. The topological polar surface area (TPSA) is 122 Å². The number of benzene rings is 1. The van der Waals surface area contributed by atoms with Gasteiger partial charge in [-0.2, -0.15) is 0 Å². The van der Waals surface area contributed by atoms with Crippen LogP contribution in [0.4, 0.5) is 5.69 Å².